The van der Waals surface area contributed by atoms with Crippen molar-refractivity contribution in [2.75, 3.05) is 7.11 Å². The van der Waals surface area contributed by atoms with E-state index in [2.05, 4.69) is 0 Å². The molecule has 0 amide bonds. The normalized spacial score (nSPS) is 10.8. The zero-order valence-electron chi connectivity index (χ0n) is 7.58. The van der Waals surface area contributed by atoms with Crippen LogP contribution in [0.15, 0.2) is 17.5 Å². The molecule has 0 aliphatic heterocycles. The molecular weight excluding hydrogens is 220 g/mol. The van der Waals surface area contributed by atoms with Gasteiger partial charge in [0.05, 0.1) is 24.1 Å². The van der Waals surface area contributed by atoms with E-state index in [4.69, 9.17) is 21.4 Å². The Morgan fingerprint density at radius 2 is 2.29 bits per heavy atom. The number of aliphatic hydroxyl groups is 1. The van der Waals surface area contributed by atoms with Crippen molar-refractivity contribution in [1.29, 1.82) is 0 Å². The zero-order valence-corrected chi connectivity index (χ0v) is 9.15. The summed E-state index contributed by atoms with van der Waals surface area (Å²) in [4.78, 5) is 0. The third kappa shape index (κ3) is 1.38. The van der Waals surface area contributed by atoms with Gasteiger partial charge >= 0.3 is 0 Å². The predicted octanol–water partition coefficient (Wildman–Crippen LogP) is 3.06. The maximum absolute atomic E-state index is 9.12. The van der Waals surface area contributed by atoms with Crippen LogP contribution in [0.5, 0.6) is 5.75 Å². The summed E-state index contributed by atoms with van der Waals surface area (Å²) in [5, 5.41) is 12.6. The number of fused-ring (bicyclic) bond motifs is 1. The first-order valence-corrected chi connectivity index (χ1v) is 5.37. The Balaban J connectivity index is 2.81. The highest BCUT2D eigenvalue weighted by atomic mass is 35.5. The van der Waals surface area contributed by atoms with Crippen LogP contribution in [0.25, 0.3) is 10.1 Å². The van der Waals surface area contributed by atoms with Gasteiger partial charge in [-0.15, -0.1) is 11.3 Å². The summed E-state index contributed by atoms with van der Waals surface area (Å²) in [6, 6.07) is 3.80. The molecule has 0 aliphatic carbocycles. The topological polar surface area (TPSA) is 29.5 Å². The molecule has 1 heterocycles. The molecule has 1 aromatic heterocycles. The van der Waals surface area contributed by atoms with Gasteiger partial charge in [0.2, 0.25) is 0 Å². The summed E-state index contributed by atoms with van der Waals surface area (Å²) >= 11 is 7.60. The smallest absolute Gasteiger partial charge is 0.134 e. The Morgan fingerprint density at radius 1 is 1.50 bits per heavy atom. The van der Waals surface area contributed by atoms with E-state index in [0.29, 0.717) is 10.8 Å². The number of thiophene rings is 1. The maximum atomic E-state index is 9.12. The minimum Gasteiger partial charge on any atom is -0.496 e. The van der Waals surface area contributed by atoms with Crippen LogP contribution in [-0.4, -0.2) is 12.2 Å². The van der Waals surface area contributed by atoms with E-state index in [-0.39, 0.29) is 6.61 Å². The Kier molecular flexibility index (Phi) is 2.63. The molecule has 0 radical (unpaired) electrons. The lowest BCUT2D eigenvalue weighted by Gasteiger charge is -2.07. The summed E-state index contributed by atoms with van der Waals surface area (Å²) in [7, 11) is 1.59. The van der Waals surface area contributed by atoms with E-state index < -0.39 is 0 Å². The van der Waals surface area contributed by atoms with Gasteiger partial charge in [-0.1, -0.05) is 17.7 Å². The number of aliphatic hydroxyl groups excluding tert-OH is 1. The number of benzene rings is 1. The second kappa shape index (κ2) is 3.77. The summed E-state index contributed by atoms with van der Waals surface area (Å²) in [5.74, 6) is 0.677. The second-order valence-corrected chi connectivity index (χ2v) is 4.19. The zero-order chi connectivity index (χ0) is 10.1. The van der Waals surface area contributed by atoms with Crippen molar-refractivity contribution in [3.8, 4) is 5.75 Å². The lowest BCUT2D eigenvalue weighted by Crippen LogP contribution is -1.91. The van der Waals surface area contributed by atoms with Crippen molar-refractivity contribution in [3.05, 3.63) is 28.1 Å². The molecule has 0 bridgehead atoms. The molecule has 0 saturated heterocycles. The number of hydrogen-bond donors (Lipinski definition) is 1. The van der Waals surface area contributed by atoms with Crippen LogP contribution in [0, 0.1) is 0 Å². The van der Waals surface area contributed by atoms with Crippen LogP contribution in [-0.2, 0) is 6.61 Å². The summed E-state index contributed by atoms with van der Waals surface area (Å²) in [5.41, 5.74) is 0.764. The van der Waals surface area contributed by atoms with Gasteiger partial charge in [-0.3, -0.25) is 0 Å². The molecule has 4 heteroatoms. The molecule has 0 fully saturated rings. The fourth-order valence-electron chi connectivity index (χ4n) is 1.46. The van der Waals surface area contributed by atoms with E-state index in [0.717, 1.165) is 15.6 Å². The van der Waals surface area contributed by atoms with Crippen molar-refractivity contribution < 1.29 is 9.84 Å². The Morgan fingerprint density at radius 3 is 2.93 bits per heavy atom. The van der Waals surface area contributed by atoms with Gasteiger partial charge in [0.15, 0.2) is 0 Å². The molecule has 2 rings (SSSR count). The first-order valence-electron chi connectivity index (χ1n) is 4.11. The van der Waals surface area contributed by atoms with Gasteiger partial charge in [-0.25, -0.2) is 0 Å². The second-order valence-electron chi connectivity index (χ2n) is 2.87. The molecule has 2 nitrogen and oxygen atoms in total. The van der Waals surface area contributed by atoms with Crippen molar-refractivity contribution in [2.45, 2.75) is 6.61 Å². The van der Waals surface area contributed by atoms with E-state index in [9.17, 15) is 0 Å². The molecule has 1 N–H and O–H groups in total. The minimum absolute atomic E-state index is 0.0364. The lowest BCUT2D eigenvalue weighted by molar-refractivity contribution is 0.274. The summed E-state index contributed by atoms with van der Waals surface area (Å²) in [6.07, 6.45) is 0. The third-order valence-electron chi connectivity index (χ3n) is 2.10. The average molecular weight is 229 g/mol. The molecule has 0 atom stereocenters. The Labute approximate surface area is 90.7 Å². The molecule has 14 heavy (non-hydrogen) atoms. The number of methoxy groups -OCH3 is 1. The first-order chi connectivity index (χ1) is 6.77. The van der Waals surface area contributed by atoms with Crippen LogP contribution < -0.4 is 4.74 Å². The van der Waals surface area contributed by atoms with E-state index in [1.165, 1.54) is 0 Å². The van der Waals surface area contributed by atoms with Gasteiger partial charge in [-0.05, 0) is 6.07 Å². The van der Waals surface area contributed by atoms with Crippen molar-refractivity contribution in [3.63, 3.8) is 0 Å². The van der Waals surface area contributed by atoms with Crippen LogP contribution in [0.4, 0.5) is 0 Å². The fraction of sp³-hybridized carbons (Fsp3) is 0.200. The quantitative estimate of drug-likeness (QED) is 0.856. The Bertz CT molecular complexity index is 464. The lowest BCUT2D eigenvalue weighted by atomic mass is 10.1. The van der Waals surface area contributed by atoms with Crippen molar-refractivity contribution >= 4 is 33.0 Å². The van der Waals surface area contributed by atoms with Crippen molar-refractivity contribution in [1.82, 2.24) is 0 Å². The number of rotatable bonds is 2. The minimum atomic E-state index is -0.0364. The Hall–Kier alpha value is -0.770. The van der Waals surface area contributed by atoms with Gasteiger partial charge < -0.3 is 9.84 Å². The van der Waals surface area contributed by atoms with Gasteiger partial charge in [0.1, 0.15) is 5.75 Å². The molecule has 0 unspecified atom stereocenters. The van der Waals surface area contributed by atoms with E-state index in [1.807, 2.05) is 17.5 Å². The SMILES string of the molecule is COc1c(CO)ccc2scc(Cl)c12. The highest BCUT2D eigenvalue weighted by Crippen LogP contribution is 2.38. The monoisotopic (exact) mass is 228 g/mol. The number of halogens is 1. The molecular formula is C10H9ClO2S. The number of hydrogen-bond acceptors (Lipinski definition) is 3. The standard InChI is InChI=1S/C10H9ClO2S/c1-13-10-6(4-12)2-3-8-9(10)7(11)5-14-8/h2-3,5,12H,4H2,1H3. The van der Waals surface area contributed by atoms with Gasteiger partial charge in [0.25, 0.3) is 0 Å². The van der Waals surface area contributed by atoms with Crippen LogP contribution >= 0.6 is 22.9 Å². The highest BCUT2D eigenvalue weighted by Gasteiger charge is 2.11. The molecule has 2 aromatic rings. The van der Waals surface area contributed by atoms with E-state index in [1.54, 1.807) is 18.4 Å². The third-order valence-corrected chi connectivity index (χ3v) is 3.48. The van der Waals surface area contributed by atoms with Crippen LogP contribution in [0.2, 0.25) is 5.02 Å². The van der Waals surface area contributed by atoms with Crippen LogP contribution in [0.1, 0.15) is 5.56 Å². The summed E-state index contributed by atoms with van der Waals surface area (Å²) < 4.78 is 6.32. The largest absolute Gasteiger partial charge is 0.496 e. The molecule has 0 spiro atoms. The van der Waals surface area contributed by atoms with Gasteiger partial charge in [-0.2, -0.15) is 0 Å². The molecule has 1 aromatic carbocycles. The van der Waals surface area contributed by atoms with Gasteiger partial charge in [0, 0.05) is 15.6 Å². The average Bonchev–Trinajstić information content (AvgIpc) is 2.59. The highest BCUT2D eigenvalue weighted by molar-refractivity contribution is 7.17. The molecule has 0 saturated carbocycles. The molecule has 74 valence electrons. The van der Waals surface area contributed by atoms with E-state index >= 15 is 0 Å². The predicted molar refractivity (Wildman–Crippen MR) is 59.3 cm³/mol. The molecule has 0 aliphatic rings. The number of ether oxygens (including phenoxy) is 1. The van der Waals surface area contributed by atoms with Crippen molar-refractivity contribution in [2.24, 2.45) is 0 Å². The van der Waals surface area contributed by atoms with Crippen LogP contribution in [0.3, 0.4) is 0 Å². The first kappa shape index (κ1) is 9.77. The fourth-order valence-corrected chi connectivity index (χ4v) is 2.66. The maximum Gasteiger partial charge on any atom is 0.134 e. The summed E-state index contributed by atoms with van der Waals surface area (Å²) in [6.45, 7) is -0.0364.